The first-order valence-corrected chi connectivity index (χ1v) is 16.8. The van der Waals surface area contributed by atoms with Crippen LogP contribution in [0.2, 0.25) is 0 Å². The minimum absolute atomic E-state index is 0.817. The third-order valence-electron chi connectivity index (χ3n) is 9.35. The smallest absolute Gasteiger partial charge is 0.114 e. The van der Waals surface area contributed by atoms with Gasteiger partial charge in [-0.3, -0.25) is 4.57 Å². The van der Waals surface area contributed by atoms with Crippen LogP contribution in [0.5, 0.6) is 0 Å². The van der Waals surface area contributed by atoms with Crippen LogP contribution in [0.3, 0.4) is 0 Å². The lowest BCUT2D eigenvalue weighted by Crippen LogP contribution is -1.99. The number of nitrogens with zero attached hydrogens (tertiary/aromatic N) is 4. The zero-order valence-electron chi connectivity index (χ0n) is 27.1. The second-order valence-electron chi connectivity index (χ2n) is 12.3. The first-order chi connectivity index (χ1) is 24.2. The average molecular weight is 629 g/mol. The SMILES string of the molecule is CCc1nc2c3c(-c4ccc(-c5cc(-c6ccccc6)nc(-c6ccccc6)c5)cc4)nc4ccccc4c3ccc2n1-c1ccccc1. The van der Waals surface area contributed by atoms with Gasteiger partial charge in [0, 0.05) is 39.6 Å². The lowest BCUT2D eigenvalue weighted by Gasteiger charge is -2.13. The largest absolute Gasteiger partial charge is 0.296 e. The molecule has 9 rings (SSSR count). The number of benzene rings is 6. The quantitative estimate of drug-likeness (QED) is 0.172. The molecule has 0 radical (unpaired) electrons. The number of pyridine rings is 2. The fourth-order valence-corrected chi connectivity index (χ4v) is 6.97. The van der Waals surface area contributed by atoms with Crippen LogP contribution in [0.4, 0.5) is 0 Å². The van der Waals surface area contributed by atoms with Crippen molar-refractivity contribution >= 4 is 32.7 Å². The number of para-hydroxylation sites is 2. The maximum absolute atomic E-state index is 5.31. The highest BCUT2D eigenvalue weighted by atomic mass is 15.1. The fraction of sp³-hybridized carbons (Fsp3) is 0.0444. The lowest BCUT2D eigenvalue weighted by molar-refractivity contribution is 0.908. The van der Waals surface area contributed by atoms with Gasteiger partial charge in [0.25, 0.3) is 0 Å². The standard InChI is InChI=1S/C45H32N4/c1-2-42-48-45-41(49(42)35-18-10-5-11-19-35)27-26-37-36-20-12-13-21-38(36)47-44(43(37)45)33-24-22-30(23-25-33)34-28-39(31-14-6-3-7-15-31)46-40(29-34)32-16-8-4-9-17-32/h3-29H,2H2,1H3. The fourth-order valence-electron chi connectivity index (χ4n) is 6.97. The van der Waals surface area contributed by atoms with Gasteiger partial charge in [0.05, 0.1) is 33.6 Å². The second kappa shape index (κ2) is 12.0. The van der Waals surface area contributed by atoms with Gasteiger partial charge in [-0.05, 0) is 52.9 Å². The number of rotatable bonds is 6. The average Bonchev–Trinajstić information content (AvgIpc) is 3.57. The van der Waals surface area contributed by atoms with E-state index < -0.39 is 0 Å². The predicted octanol–water partition coefficient (Wildman–Crippen LogP) is 11.4. The molecule has 0 bridgehead atoms. The van der Waals surface area contributed by atoms with Crippen LogP contribution in [0, 0.1) is 0 Å². The van der Waals surface area contributed by atoms with Crippen LogP contribution in [0.15, 0.2) is 164 Å². The molecule has 0 aliphatic carbocycles. The van der Waals surface area contributed by atoms with E-state index in [1.165, 1.54) is 0 Å². The molecule has 0 aliphatic heterocycles. The van der Waals surface area contributed by atoms with Crippen LogP contribution in [0.25, 0.3) is 83.3 Å². The Bertz CT molecular complexity index is 2550. The number of fused-ring (bicyclic) bond motifs is 5. The first-order valence-electron chi connectivity index (χ1n) is 16.8. The summed E-state index contributed by atoms with van der Waals surface area (Å²) in [5.41, 5.74) is 12.5. The van der Waals surface area contributed by atoms with E-state index in [9.17, 15) is 0 Å². The molecule has 0 N–H and O–H groups in total. The molecule has 0 amide bonds. The Hall–Kier alpha value is -6.39. The van der Waals surface area contributed by atoms with Crippen molar-refractivity contribution in [2.75, 3.05) is 0 Å². The number of aryl methyl sites for hydroxylation is 1. The molecule has 0 fully saturated rings. The zero-order valence-corrected chi connectivity index (χ0v) is 27.1. The molecule has 3 aromatic heterocycles. The lowest BCUT2D eigenvalue weighted by atomic mass is 9.96. The highest BCUT2D eigenvalue weighted by molar-refractivity contribution is 6.19. The van der Waals surface area contributed by atoms with E-state index in [0.717, 1.165) is 95.5 Å². The topological polar surface area (TPSA) is 43.6 Å². The van der Waals surface area contributed by atoms with Gasteiger partial charge in [0.1, 0.15) is 5.82 Å². The second-order valence-corrected chi connectivity index (χ2v) is 12.3. The maximum atomic E-state index is 5.31. The van der Waals surface area contributed by atoms with E-state index in [4.69, 9.17) is 15.0 Å². The molecule has 4 heteroatoms. The predicted molar refractivity (Wildman–Crippen MR) is 203 cm³/mol. The summed E-state index contributed by atoms with van der Waals surface area (Å²) < 4.78 is 2.29. The number of imidazole rings is 1. The minimum Gasteiger partial charge on any atom is -0.296 e. The highest BCUT2D eigenvalue weighted by Gasteiger charge is 2.19. The summed E-state index contributed by atoms with van der Waals surface area (Å²) in [6.07, 6.45) is 0.817. The van der Waals surface area contributed by atoms with Crippen LogP contribution in [-0.4, -0.2) is 19.5 Å². The Kier molecular flexibility index (Phi) is 7.06. The van der Waals surface area contributed by atoms with Crippen molar-refractivity contribution in [1.29, 1.82) is 0 Å². The van der Waals surface area contributed by atoms with E-state index in [-0.39, 0.29) is 0 Å². The summed E-state index contributed by atoms with van der Waals surface area (Å²) in [4.78, 5) is 15.7. The molecule has 0 spiro atoms. The van der Waals surface area contributed by atoms with Crippen molar-refractivity contribution in [3.63, 3.8) is 0 Å². The Balaban J connectivity index is 1.23. The summed E-state index contributed by atoms with van der Waals surface area (Å²) >= 11 is 0. The molecule has 0 aliphatic rings. The summed E-state index contributed by atoms with van der Waals surface area (Å²) in [6, 6.07) is 57.3. The zero-order chi connectivity index (χ0) is 32.7. The van der Waals surface area contributed by atoms with Crippen LogP contribution in [0.1, 0.15) is 12.7 Å². The van der Waals surface area contributed by atoms with Crippen molar-refractivity contribution < 1.29 is 0 Å². The molecule has 0 saturated heterocycles. The van der Waals surface area contributed by atoms with Crippen molar-refractivity contribution in [1.82, 2.24) is 19.5 Å². The van der Waals surface area contributed by atoms with Gasteiger partial charge >= 0.3 is 0 Å². The van der Waals surface area contributed by atoms with Gasteiger partial charge in [0.2, 0.25) is 0 Å². The van der Waals surface area contributed by atoms with Gasteiger partial charge in [-0.25, -0.2) is 15.0 Å². The molecule has 232 valence electrons. The number of aromatic nitrogens is 4. The molecule has 49 heavy (non-hydrogen) atoms. The van der Waals surface area contributed by atoms with E-state index >= 15 is 0 Å². The molecule has 4 nitrogen and oxygen atoms in total. The van der Waals surface area contributed by atoms with Gasteiger partial charge in [-0.15, -0.1) is 0 Å². The molecule has 9 aromatic rings. The highest BCUT2D eigenvalue weighted by Crippen LogP contribution is 2.39. The van der Waals surface area contributed by atoms with E-state index in [0.29, 0.717) is 0 Å². The molecule has 3 heterocycles. The van der Waals surface area contributed by atoms with Crippen molar-refractivity contribution in [2.24, 2.45) is 0 Å². The van der Waals surface area contributed by atoms with Gasteiger partial charge in [0.15, 0.2) is 0 Å². The maximum Gasteiger partial charge on any atom is 0.114 e. The van der Waals surface area contributed by atoms with E-state index in [2.05, 4.69) is 163 Å². The summed E-state index contributed by atoms with van der Waals surface area (Å²) in [5, 5.41) is 3.37. The van der Waals surface area contributed by atoms with Crippen LogP contribution in [-0.2, 0) is 6.42 Å². The third-order valence-corrected chi connectivity index (χ3v) is 9.35. The first kappa shape index (κ1) is 28.8. The Morgan fingerprint density at radius 3 is 1.71 bits per heavy atom. The van der Waals surface area contributed by atoms with Crippen molar-refractivity contribution in [2.45, 2.75) is 13.3 Å². The summed E-state index contributed by atoms with van der Waals surface area (Å²) in [5.74, 6) is 1.03. The third kappa shape index (κ3) is 5.06. The molecule has 0 atom stereocenters. The van der Waals surface area contributed by atoms with E-state index in [1.54, 1.807) is 0 Å². The Labute approximate surface area is 285 Å². The number of hydrogen-bond donors (Lipinski definition) is 0. The van der Waals surface area contributed by atoms with Crippen molar-refractivity contribution in [3.05, 3.63) is 170 Å². The van der Waals surface area contributed by atoms with Gasteiger partial charge in [-0.1, -0.05) is 134 Å². The molecule has 6 aromatic carbocycles. The van der Waals surface area contributed by atoms with E-state index in [1.807, 2.05) is 12.1 Å². The van der Waals surface area contributed by atoms with Gasteiger partial charge in [-0.2, -0.15) is 0 Å². The van der Waals surface area contributed by atoms with Crippen LogP contribution >= 0.6 is 0 Å². The van der Waals surface area contributed by atoms with Gasteiger partial charge < -0.3 is 0 Å². The Morgan fingerprint density at radius 1 is 0.469 bits per heavy atom. The molecule has 0 unspecified atom stereocenters. The normalized spacial score (nSPS) is 11.4. The summed E-state index contributed by atoms with van der Waals surface area (Å²) in [6.45, 7) is 2.17. The summed E-state index contributed by atoms with van der Waals surface area (Å²) in [7, 11) is 0. The number of hydrogen-bond acceptors (Lipinski definition) is 3. The molecular weight excluding hydrogens is 597 g/mol. The van der Waals surface area contributed by atoms with Crippen LogP contribution < -0.4 is 0 Å². The van der Waals surface area contributed by atoms with Crippen molar-refractivity contribution in [3.8, 4) is 50.6 Å². The molecular formula is C45H32N4. The molecule has 0 saturated carbocycles. The monoisotopic (exact) mass is 628 g/mol. The Morgan fingerprint density at radius 2 is 1.06 bits per heavy atom. The minimum atomic E-state index is 0.817.